The SMILES string of the molecule is Cc1cc(C)c2nc(N3CCOCC3)cc(=O)n2c1. The maximum absolute atomic E-state index is 12.2. The van der Waals surface area contributed by atoms with Crippen LogP contribution in [0.15, 0.2) is 23.1 Å². The van der Waals surface area contributed by atoms with Gasteiger partial charge in [0.1, 0.15) is 11.5 Å². The minimum atomic E-state index is -0.0294. The number of ether oxygens (including phenoxy) is 1. The molecule has 0 amide bonds. The Hall–Kier alpha value is -1.88. The van der Waals surface area contributed by atoms with E-state index in [4.69, 9.17) is 4.74 Å². The Morgan fingerprint density at radius 1 is 1.21 bits per heavy atom. The van der Waals surface area contributed by atoms with Gasteiger partial charge in [0.2, 0.25) is 0 Å². The van der Waals surface area contributed by atoms with Crippen LogP contribution in [-0.4, -0.2) is 35.7 Å². The molecule has 0 atom stereocenters. The maximum atomic E-state index is 12.2. The lowest BCUT2D eigenvalue weighted by atomic mass is 10.2. The Kier molecular flexibility index (Phi) is 2.98. The fraction of sp³-hybridized carbons (Fsp3) is 0.429. The number of morpholine rings is 1. The average molecular weight is 259 g/mol. The van der Waals surface area contributed by atoms with Crippen LogP contribution >= 0.6 is 0 Å². The first-order valence-corrected chi connectivity index (χ1v) is 6.48. The summed E-state index contributed by atoms with van der Waals surface area (Å²) in [6.45, 7) is 6.91. The molecule has 1 fully saturated rings. The van der Waals surface area contributed by atoms with E-state index in [1.807, 2.05) is 26.1 Å². The molecule has 5 heteroatoms. The second-order valence-corrected chi connectivity index (χ2v) is 4.95. The quantitative estimate of drug-likeness (QED) is 0.770. The number of pyridine rings is 1. The number of hydrogen-bond acceptors (Lipinski definition) is 4. The van der Waals surface area contributed by atoms with E-state index in [0.29, 0.717) is 13.2 Å². The van der Waals surface area contributed by atoms with Crippen molar-refractivity contribution < 1.29 is 4.74 Å². The summed E-state index contributed by atoms with van der Waals surface area (Å²) in [6.07, 6.45) is 1.83. The summed E-state index contributed by atoms with van der Waals surface area (Å²) in [5.41, 5.74) is 2.79. The van der Waals surface area contributed by atoms with Gasteiger partial charge in [-0.1, -0.05) is 6.07 Å². The summed E-state index contributed by atoms with van der Waals surface area (Å²) in [5.74, 6) is 0.750. The molecular formula is C14H17N3O2. The summed E-state index contributed by atoms with van der Waals surface area (Å²) in [5, 5.41) is 0. The van der Waals surface area contributed by atoms with E-state index >= 15 is 0 Å². The van der Waals surface area contributed by atoms with Gasteiger partial charge in [-0.25, -0.2) is 4.98 Å². The monoisotopic (exact) mass is 259 g/mol. The number of hydrogen-bond donors (Lipinski definition) is 0. The summed E-state index contributed by atoms with van der Waals surface area (Å²) >= 11 is 0. The van der Waals surface area contributed by atoms with Crippen LogP contribution in [0.5, 0.6) is 0 Å². The predicted molar refractivity (Wildman–Crippen MR) is 74.0 cm³/mol. The lowest BCUT2D eigenvalue weighted by molar-refractivity contribution is 0.122. The van der Waals surface area contributed by atoms with Crippen LogP contribution in [0.2, 0.25) is 0 Å². The number of anilines is 1. The Balaban J connectivity index is 2.15. The molecule has 0 saturated carbocycles. The fourth-order valence-electron chi connectivity index (χ4n) is 2.48. The van der Waals surface area contributed by atoms with Gasteiger partial charge in [-0.15, -0.1) is 0 Å². The molecule has 1 aliphatic heterocycles. The number of fused-ring (bicyclic) bond motifs is 1. The molecule has 0 aromatic carbocycles. The molecule has 0 N–H and O–H groups in total. The van der Waals surface area contributed by atoms with E-state index in [1.165, 1.54) is 0 Å². The largest absolute Gasteiger partial charge is 0.378 e. The van der Waals surface area contributed by atoms with Crippen molar-refractivity contribution in [3.05, 3.63) is 39.8 Å². The summed E-state index contributed by atoms with van der Waals surface area (Å²) in [4.78, 5) is 18.9. The van der Waals surface area contributed by atoms with Crippen molar-refractivity contribution in [3.8, 4) is 0 Å². The molecule has 2 aromatic rings. The lowest BCUT2D eigenvalue weighted by Crippen LogP contribution is -2.37. The summed E-state index contributed by atoms with van der Waals surface area (Å²) in [7, 11) is 0. The molecule has 1 saturated heterocycles. The van der Waals surface area contributed by atoms with Gasteiger partial charge in [-0.3, -0.25) is 9.20 Å². The molecule has 100 valence electrons. The zero-order valence-corrected chi connectivity index (χ0v) is 11.2. The summed E-state index contributed by atoms with van der Waals surface area (Å²) < 4.78 is 6.95. The smallest absolute Gasteiger partial charge is 0.259 e. The van der Waals surface area contributed by atoms with Crippen LogP contribution in [0.1, 0.15) is 11.1 Å². The highest BCUT2D eigenvalue weighted by Gasteiger charge is 2.14. The third-order valence-electron chi connectivity index (χ3n) is 3.40. The molecule has 1 aliphatic rings. The Labute approximate surface area is 111 Å². The van der Waals surface area contributed by atoms with Gasteiger partial charge in [0, 0.05) is 25.4 Å². The molecule has 3 heterocycles. The first kappa shape index (κ1) is 12.2. The predicted octanol–water partition coefficient (Wildman–Crippen LogP) is 1.15. The van der Waals surface area contributed by atoms with Crippen molar-refractivity contribution in [1.82, 2.24) is 9.38 Å². The molecule has 0 radical (unpaired) electrons. The zero-order valence-electron chi connectivity index (χ0n) is 11.2. The first-order chi connectivity index (χ1) is 9.15. The molecule has 0 aliphatic carbocycles. The minimum absolute atomic E-state index is 0.0294. The Morgan fingerprint density at radius 2 is 1.95 bits per heavy atom. The van der Waals surface area contributed by atoms with Gasteiger partial charge in [-0.05, 0) is 25.0 Å². The van der Waals surface area contributed by atoms with Crippen LogP contribution in [-0.2, 0) is 4.74 Å². The van der Waals surface area contributed by atoms with E-state index in [9.17, 15) is 4.79 Å². The first-order valence-electron chi connectivity index (χ1n) is 6.48. The Morgan fingerprint density at radius 3 is 2.68 bits per heavy atom. The molecule has 0 unspecified atom stereocenters. The van der Waals surface area contributed by atoms with Crippen molar-refractivity contribution in [2.75, 3.05) is 31.2 Å². The Bertz CT molecular complexity index is 672. The molecule has 5 nitrogen and oxygen atoms in total. The third-order valence-corrected chi connectivity index (χ3v) is 3.40. The highest BCUT2D eigenvalue weighted by atomic mass is 16.5. The highest BCUT2D eigenvalue weighted by Crippen LogP contribution is 2.15. The second-order valence-electron chi connectivity index (χ2n) is 4.95. The van der Waals surface area contributed by atoms with Crippen molar-refractivity contribution in [2.24, 2.45) is 0 Å². The minimum Gasteiger partial charge on any atom is -0.378 e. The fourth-order valence-corrected chi connectivity index (χ4v) is 2.48. The van der Waals surface area contributed by atoms with Gasteiger partial charge < -0.3 is 9.64 Å². The van der Waals surface area contributed by atoms with Gasteiger partial charge in [0.15, 0.2) is 0 Å². The molecule has 0 bridgehead atoms. The van der Waals surface area contributed by atoms with E-state index in [-0.39, 0.29) is 5.56 Å². The lowest BCUT2D eigenvalue weighted by Gasteiger charge is -2.27. The molecular weight excluding hydrogens is 242 g/mol. The van der Waals surface area contributed by atoms with Crippen LogP contribution in [0.25, 0.3) is 5.65 Å². The van der Waals surface area contributed by atoms with Crippen molar-refractivity contribution in [1.29, 1.82) is 0 Å². The number of nitrogens with zero attached hydrogens (tertiary/aromatic N) is 3. The maximum Gasteiger partial charge on any atom is 0.259 e. The standard InChI is InChI=1S/C14H17N3O2/c1-10-7-11(2)14-15-12(8-13(18)17(14)9-10)16-3-5-19-6-4-16/h7-9H,3-6H2,1-2H3. The molecule has 0 spiro atoms. The van der Waals surface area contributed by atoms with Crippen LogP contribution in [0.4, 0.5) is 5.82 Å². The van der Waals surface area contributed by atoms with E-state index in [2.05, 4.69) is 9.88 Å². The molecule has 2 aromatic heterocycles. The van der Waals surface area contributed by atoms with Crippen LogP contribution < -0.4 is 10.5 Å². The van der Waals surface area contributed by atoms with Gasteiger partial charge in [0.25, 0.3) is 5.56 Å². The number of aryl methyl sites for hydroxylation is 2. The van der Waals surface area contributed by atoms with Gasteiger partial charge >= 0.3 is 0 Å². The number of aromatic nitrogens is 2. The average Bonchev–Trinajstić information content (AvgIpc) is 2.41. The van der Waals surface area contributed by atoms with Crippen molar-refractivity contribution >= 4 is 11.5 Å². The van der Waals surface area contributed by atoms with E-state index < -0.39 is 0 Å². The third kappa shape index (κ3) is 2.21. The second kappa shape index (κ2) is 4.66. The van der Waals surface area contributed by atoms with E-state index in [0.717, 1.165) is 35.7 Å². The molecule has 19 heavy (non-hydrogen) atoms. The van der Waals surface area contributed by atoms with Gasteiger partial charge in [-0.2, -0.15) is 0 Å². The number of rotatable bonds is 1. The van der Waals surface area contributed by atoms with Crippen LogP contribution in [0, 0.1) is 13.8 Å². The van der Waals surface area contributed by atoms with E-state index in [1.54, 1.807) is 10.5 Å². The van der Waals surface area contributed by atoms with Crippen molar-refractivity contribution in [2.45, 2.75) is 13.8 Å². The topological polar surface area (TPSA) is 46.8 Å². The highest BCUT2D eigenvalue weighted by molar-refractivity contribution is 5.53. The van der Waals surface area contributed by atoms with Crippen molar-refractivity contribution in [3.63, 3.8) is 0 Å². The molecule has 3 rings (SSSR count). The zero-order chi connectivity index (χ0) is 13.4. The van der Waals surface area contributed by atoms with Crippen LogP contribution in [0.3, 0.4) is 0 Å². The summed E-state index contributed by atoms with van der Waals surface area (Å²) in [6, 6.07) is 3.65. The normalized spacial score (nSPS) is 16.0. The van der Waals surface area contributed by atoms with Gasteiger partial charge in [0.05, 0.1) is 13.2 Å².